The number of fused-ring (bicyclic) bond motifs is 1. The summed E-state index contributed by atoms with van der Waals surface area (Å²) in [5.41, 5.74) is 7.84. The average Bonchev–Trinajstić information content (AvgIpc) is 3.51. The van der Waals surface area contributed by atoms with Gasteiger partial charge in [-0.3, -0.25) is 49.3 Å². The molecule has 1 unspecified atom stereocenters. The average molecular weight is 816 g/mol. The molecule has 5 heterocycles. The molecule has 8 rings (SSSR count). The fourth-order valence-corrected chi connectivity index (χ4v) is 8.85. The van der Waals surface area contributed by atoms with Crippen molar-refractivity contribution in [3.8, 4) is 11.5 Å². The van der Waals surface area contributed by atoms with E-state index >= 15 is 0 Å². The molecule has 60 heavy (non-hydrogen) atoms. The SMILES string of the molecule is N=C(/C(C(N)=O)=C1/NCC[C@@H](C2CCN(C(=O)CCN3CCN(c4ccc5c(c4)C(=O)N(C4CCC(=O)NC4=O)C5=O)CC3)CC2)N1)c1ccc(Oc2ccccc2)cc1. The summed E-state index contributed by atoms with van der Waals surface area (Å²) < 4.78 is 5.88. The van der Waals surface area contributed by atoms with Gasteiger partial charge in [-0.15, -0.1) is 0 Å². The molecule has 6 N–H and O–H groups in total. The first-order chi connectivity index (χ1) is 29.0. The van der Waals surface area contributed by atoms with Crippen molar-refractivity contribution in [2.24, 2.45) is 11.7 Å². The molecule has 0 bridgehead atoms. The van der Waals surface area contributed by atoms with Crippen molar-refractivity contribution in [1.29, 1.82) is 5.41 Å². The number of amides is 6. The van der Waals surface area contributed by atoms with Crippen LogP contribution in [0.5, 0.6) is 11.5 Å². The van der Waals surface area contributed by atoms with Crippen LogP contribution in [0.4, 0.5) is 5.69 Å². The highest BCUT2D eigenvalue weighted by atomic mass is 16.5. The molecule has 0 spiro atoms. The molecule has 5 aliphatic heterocycles. The van der Waals surface area contributed by atoms with Crippen molar-refractivity contribution < 1.29 is 33.5 Å². The number of piperidine rings is 2. The lowest BCUT2D eigenvalue weighted by Gasteiger charge is -2.40. The van der Waals surface area contributed by atoms with Crippen molar-refractivity contribution >= 4 is 46.8 Å². The first kappa shape index (κ1) is 40.2. The van der Waals surface area contributed by atoms with E-state index in [0.29, 0.717) is 68.6 Å². The number of hydrogen-bond donors (Lipinski definition) is 5. The minimum atomic E-state index is -1.00. The molecule has 4 saturated heterocycles. The van der Waals surface area contributed by atoms with Gasteiger partial charge in [0.1, 0.15) is 28.9 Å². The molecule has 6 amide bonds. The highest BCUT2D eigenvalue weighted by molar-refractivity contribution is 6.27. The molecule has 2 atom stereocenters. The van der Waals surface area contributed by atoms with Crippen LogP contribution in [-0.4, -0.2) is 120 Å². The molecular formula is C44H49N9O7. The summed E-state index contributed by atoms with van der Waals surface area (Å²) in [6.45, 7) is 5.40. The number of rotatable bonds is 11. The monoisotopic (exact) mass is 815 g/mol. The number of piperazine rings is 1. The molecule has 3 aromatic carbocycles. The van der Waals surface area contributed by atoms with E-state index < -0.39 is 35.6 Å². The zero-order valence-corrected chi connectivity index (χ0v) is 33.3. The molecular weight excluding hydrogens is 767 g/mol. The van der Waals surface area contributed by atoms with E-state index in [-0.39, 0.29) is 53.1 Å². The third kappa shape index (κ3) is 8.46. The second-order valence-electron chi connectivity index (χ2n) is 15.9. The lowest BCUT2D eigenvalue weighted by molar-refractivity contribution is -0.136. The predicted molar refractivity (Wildman–Crippen MR) is 221 cm³/mol. The molecule has 0 saturated carbocycles. The number of nitrogens with two attached hydrogens (primary N) is 1. The lowest BCUT2D eigenvalue weighted by atomic mass is 9.86. The zero-order valence-electron chi connectivity index (χ0n) is 33.3. The summed E-state index contributed by atoms with van der Waals surface area (Å²) in [7, 11) is 0. The van der Waals surface area contributed by atoms with Crippen LogP contribution in [0.2, 0.25) is 0 Å². The number of imide groups is 2. The Hall–Kier alpha value is -6.55. The van der Waals surface area contributed by atoms with Gasteiger partial charge >= 0.3 is 0 Å². The fraction of sp³-hybridized carbons (Fsp3) is 0.386. The van der Waals surface area contributed by atoms with Crippen LogP contribution >= 0.6 is 0 Å². The van der Waals surface area contributed by atoms with Crippen molar-refractivity contribution in [3.05, 3.63) is 101 Å². The fourth-order valence-electron chi connectivity index (χ4n) is 8.85. The van der Waals surface area contributed by atoms with Gasteiger partial charge in [0, 0.05) is 82.5 Å². The van der Waals surface area contributed by atoms with Crippen LogP contribution in [0.25, 0.3) is 0 Å². The Labute approximate surface area is 347 Å². The Balaban J connectivity index is 0.792. The Bertz CT molecular complexity index is 2230. The Morgan fingerprint density at radius 2 is 1.50 bits per heavy atom. The quantitative estimate of drug-likeness (QED) is 0.108. The van der Waals surface area contributed by atoms with Gasteiger partial charge in [-0.1, -0.05) is 18.2 Å². The second kappa shape index (κ2) is 17.4. The van der Waals surface area contributed by atoms with Gasteiger partial charge in [-0.25, -0.2) is 0 Å². The van der Waals surface area contributed by atoms with Crippen molar-refractivity contribution in [2.45, 2.75) is 50.6 Å². The van der Waals surface area contributed by atoms with Gasteiger partial charge in [0.25, 0.3) is 17.7 Å². The summed E-state index contributed by atoms with van der Waals surface area (Å²) in [4.78, 5) is 83.9. The maximum Gasteiger partial charge on any atom is 0.262 e. The van der Waals surface area contributed by atoms with E-state index in [2.05, 4.69) is 25.8 Å². The summed E-state index contributed by atoms with van der Waals surface area (Å²) in [6.07, 6.45) is 3.07. The smallest absolute Gasteiger partial charge is 0.262 e. The number of nitrogens with one attached hydrogen (secondary N) is 4. The van der Waals surface area contributed by atoms with Crippen LogP contribution < -0.4 is 31.3 Å². The summed E-state index contributed by atoms with van der Waals surface area (Å²) >= 11 is 0. The minimum Gasteiger partial charge on any atom is -0.457 e. The molecule has 4 fully saturated rings. The molecule has 16 nitrogen and oxygen atoms in total. The summed E-state index contributed by atoms with van der Waals surface area (Å²) in [6, 6.07) is 20.6. The number of hydrogen-bond acceptors (Lipinski definition) is 12. The van der Waals surface area contributed by atoms with E-state index in [1.54, 1.807) is 36.4 Å². The Morgan fingerprint density at radius 3 is 2.20 bits per heavy atom. The Morgan fingerprint density at radius 1 is 0.800 bits per heavy atom. The molecule has 5 aliphatic rings. The lowest BCUT2D eigenvalue weighted by Crippen LogP contribution is -2.54. The summed E-state index contributed by atoms with van der Waals surface area (Å²) in [5, 5.41) is 17.9. The maximum absolute atomic E-state index is 13.4. The van der Waals surface area contributed by atoms with E-state index in [0.717, 1.165) is 42.9 Å². The molecule has 0 aliphatic carbocycles. The number of para-hydroxylation sites is 1. The maximum atomic E-state index is 13.4. The number of carbonyl (C=O) groups is 6. The molecule has 16 heteroatoms. The second-order valence-corrected chi connectivity index (χ2v) is 15.9. The highest BCUT2D eigenvalue weighted by Crippen LogP contribution is 2.32. The number of ether oxygens (including phenoxy) is 1. The first-order valence-corrected chi connectivity index (χ1v) is 20.6. The topological polar surface area (TPSA) is 211 Å². The molecule has 312 valence electrons. The van der Waals surface area contributed by atoms with E-state index in [1.165, 1.54) is 0 Å². The number of benzene rings is 3. The molecule has 3 aromatic rings. The number of likely N-dealkylation sites (tertiary alicyclic amines) is 1. The number of nitrogens with zero attached hydrogens (tertiary/aromatic N) is 4. The third-order valence-electron chi connectivity index (χ3n) is 12.2. The first-order valence-electron chi connectivity index (χ1n) is 20.6. The number of carbonyl (C=O) groups excluding carboxylic acids is 6. The number of primary amides is 1. The summed E-state index contributed by atoms with van der Waals surface area (Å²) in [5.74, 6) is -0.607. The standard InChI is InChI=1S/C44H49N9O7/c45-39(28-6-9-31(10-7-28)60-30-4-2-1-3-5-30)38(40(46)56)41-47-18-14-34(48-41)27-15-20-52(21-16-27)37(55)17-19-50-22-24-51(25-23-50)29-8-11-32-33(26-29)44(59)53(43(32)58)35-12-13-36(54)49-42(35)57/h1-11,26-27,34-35,45,47-48H,12-25H2,(H2,46,56)(H,49,54,57)/b41-38+,45-39?/t34-,35?/m0/s1. The Kier molecular flexibility index (Phi) is 11.6. The van der Waals surface area contributed by atoms with E-state index in [9.17, 15) is 28.8 Å². The van der Waals surface area contributed by atoms with Crippen LogP contribution in [0.3, 0.4) is 0 Å². The molecule has 0 aromatic heterocycles. The van der Waals surface area contributed by atoms with Gasteiger partial charge in [0.2, 0.25) is 17.7 Å². The van der Waals surface area contributed by atoms with Crippen LogP contribution in [-0.2, 0) is 19.2 Å². The van der Waals surface area contributed by atoms with Gasteiger partial charge in [-0.05, 0) is 86.2 Å². The number of anilines is 1. The van der Waals surface area contributed by atoms with Crippen LogP contribution in [0.1, 0.15) is 64.8 Å². The van der Waals surface area contributed by atoms with Crippen molar-refractivity contribution in [3.63, 3.8) is 0 Å². The van der Waals surface area contributed by atoms with E-state index in [4.69, 9.17) is 15.9 Å². The van der Waals surface area contributed by atoms with Gasteiger partial charge < -0.3 is 30.9 Å². The van der Waals surface area contributed by atoms with E-state index in [1.807, 2.05) is 41.3 Å². The van der Waals surface area contributed by atoms with Crippen LogP contribution in [0, 0.1) is 11.3 Å². The molecule has 0 radical (unpaired) electrons. The predicted octanol–water partition coefficient (Wildman–Crippen LogP) is 2.35. The highest BCUT2D eigenvalue weighted by Gasteiger charge is 2.45. The van der Waals surface area contributed by atoms with Crippen LogP contribution in [0.15, 0.2) is 84.2 Å². The van der Waals surface area contributed by atoms with Gasteiger partial charge in [0.05, 0.1) is 16.8 Å². The normalized spacial score (nSPS) is 22.1. The zero-order chi connectivity index (χ0) is 41.9. The van der Waals surface area contributed by atoms with Gasteiger partial charge in [-0.2, -0.15) is 0 Å². The minimum absolute atomic E-state index is 0.0174. The van der Waals surface area contributed by atoms with Gasteiger partial charge in [0.15, 0.2) is 0 Å². The van der Waals surface area contributed by atoms with Crippen molar-refractivity contribution in [1.82, 2.24) is 30.7 Å². The third-order valence-corrected chi connectivity index (χ3v) is 12.2. The largest absolute Gasteiger partial charge is 0.457 e. The van der Waals surface area contributed by atoms with Crippen molar-refractivity contribution in [2.75, 3.05) is 57.3 Å².